The highest BCUT2D eigenvalue weighted by Gasteiger charge is 2.42. The highest BCUT2D eigenvalue weighted by molar-refractivity contribution is 5.92. The molecule has 7 nitrogen and oxygen atoms in total. The van der Waals surface area contributed by atoms with Crippen molar-refractivity contribution in [3.05, 3.63) is 47.7 Å². The van der Waals surface area contributed by atoms with Gasteiger partial charge in [0.05, 0.1) is 7.11 Å². The first-order valence-corrected chi connectivity index (χ1v) is 8.30. The number of rotatable bonds is 3. The number of primary amides is 1. The number of carbonyl (C=O) groups is 2. The van der Waals surface area contributed by atoms with Crippen LogP contribution in [0.25, 0.3) is 11.3 Å². The van der Waals surface area contributed by atoms with Crippen molar-refractivity contribution < 1.29 is 19.4 Å². The summed E-state index contributed by atoms with van der Waals surface area (Å²) >= 11 is 0. The van der Waals surface area contributed by atoms with Crippen LogP contribution in [0, 0.1) is 11.8 Å². The predicted molar refractivity (Wildman–Crippen MR) is 98.8 cm³/mol. The van der Waals surface area contributed by atoms with Gasteiger partial charge in [0.25, 0.3) is 11.8 Å². The highest BCUT2D eigenvalue weighted by atomic mass is 16.5. The van der Waals surface area contributed by atoms with Crippen LogP contribution >= 0.6 is 0 Å². The lowest BCUT2D eigenvalue weighted by Gasteiger charge is -2.13. The van der Waals surface area contributed by atoms with Crippen LogP contribution in [0.4, 0.5) is 0 Å². The monoisotopic (exact) mass is 365 g/mol. The Bertz CT molecular complexity index is 977. The molecule has 0 saturated carbocycles. The van der Waals surface area contributed by atoms with E-state index < -0.39 is 17.4 Å². The molecule has 2 aromatic rings. The van der Waals surface area contributed by atoms with Crippen molar-refractivity contribution in [1.29, 1.82) is 0 Å². The lowest BCUT2D eigenvalue weighted by molar-refractivity contribution is -0.137. The molecule has 138 valence electrons. The molecule has 0 radical (unpaired) electrons. The molecule has 1 aromatic heterocycles. The Labute approximate surface area is 156 Å². The van der Waals surface area contributed by atoms with Gasteiger partial charge in [-0.25, -0.2) is 4.98 Å². The van der Waals surface area contributed by atoms with Gasteiger partial charge >= 0.3 is 0 Å². The Morgan fingerprint density at radius 3 is 2.78 bits per heavy atom. The van der Waals surface area contributed by atoms with Crippen LogP contribution in [0.3, 0.4) is 0 Å². The first-order chi connectivity index (χ1) is 12.8. The molecule has 1 aliphatic rings. The minimum absolute atomic E-state index is 0.121. The minimum atomic E-state index is -1.66. The van der Waals surface area contributed by atoms with E-state index in [1.807, 2.05) is 0 Å². The number of nitrogens with two attached hydrogens (primary N) is 1. The molecular formula is C20H19N3O4. The molecule has 2 amide bonds. The smallest absolute Gasteiger partial charge is 0.267 e. The largest absolute Gasteiger partial charge is 0.494 e. The zero-order valence-corrected chi connectivity index (χ0v) is 15.0. The van der Waals surface area contributed by atoms with Crippen LogP contribution in [0.15, 0.2) is 36.4 Å². The van der Waals surface area contributed by atoms with Crippen molar-refractivity contribution in [3.8, 4) is 28.8 Å². The predicted octanol–water partition coefficient (Wildman–Crippen LogP) is 0.801. The van der Waals surface area contributed by atoms with Gasteiger partial charge in [-0.15, -0.1) is 0 Å². The molecule has 7 heteroatoms. The van der Waals surface area contributed by atoms with Crippen LogP contribution in [0.1, 0.15) is 22.5 Å². The molecular weight excluding hydrogens is 346 g/mol. The third kappa shape index (κ3) is 3.61. The number of pyridine rings is 1. The molecule has 2 heterocycles. The van der Waals surface area contributed by atoms with Gasteiger partial charge < -0.3 is 20.5 Å². The van der Waals surface area contributed by atoms with Crippen molar-refractivity contribution in [3.63, 3.8) is 0 Å². The normalized spacial score (nSPS) is 18.8. The van der Waals surface area contributed by atoms with E-state index in [1.165, 1.54) is 18.1 Å². The molecule has 0 spiro atoms. The van der Waals surface area contributed by atoms with E-state index in [1.54, 1.807) is 37.4 Å². The maximum atomic E-state index is 12.0. The van der Waals surface area contributed by atoms with E-state index in [2.05, 4.69) is 16.8 Å². The third-order valence-electron chi connectivity index (χ3n) is 4.39. The van der Waals surface area contributed by atoms with Crippen LogP contribution in [0.2, 0.25) is 0 Å². The molecule has 1 fully saturated rings. The van der Waals surface area contributed by atoms with E-state index in [0.29, 0.717) is 29.1 Å². The number of methoxy groups -OCH3 is 1. The van der Waals surface area contributed by atoms with E-state index in [-0.39, 0.29) is 12.1 Å². The quantitative estimate of drug-likeness (QED) is 0.783. The van der Waals surface area contributed by atoms with Crippen molar-refractivity contribution >= 4 is 11.8 Å². The molecule has 1 aliphatic heterocycles. The number of carbonyl (C=O) groups excluding carboxylic acids is 2. The summed E-state index contributed by atoms with van der Waals surface area (Å²) in [7, 11) is 3.14. The van der Waals surface area contributed by atoms with Gasteiger partial charge in [-0.3, -0.25) is 9.59 Å². The average molecular weight is 365 g/mol. The van der Waals surface area contributed by atoms with Crippen molar-refractivity contribution in [1.82, 2.24) is 9.88 Å². The molecule has 1 saturated heterocycles. The second-order valence-electron chi connectivity index (χ2n) is 6.28. The number of likely N-dealkylation sites (N-methyl/N-ethyl adjacent to an activating group) is 1. The third-order valence-corrected chi connectivity index (χ3v) is 4.39. The molecule has 0 bridgehead atoms. The lowest BCUT2D eigenvalue weighted by atomic mass is 10.0. The Hall–Kier alpha value is -3.37. The number of ether oxygens (including phenoxy) is 1. The molecule has 1 aromatic carbocycles. The minimum Gasteiger partial charge on any atom is -0.494 e. The van der Waals surface area contributed by atoms with Gasteiger partial charge in [0.1, 0.15) is 17.1 Å². The van der Waals surface area contributed by atoms with E-state index in [9.17, 15) is 14.7 Å². The van der Waals surface area contributed by atoms with Gasteiger partial charge in [0.15, 0.2) is 0 Å². The molecule has 1 unspecified atom stereocenters. The first kappa shape index (κ1) is 18.4. The number of hydrogen-bond donors (Lipinski definition) is 2. The van der Waals surface area contributed by atoms with Gasteiger partial charge in [0.2, 0.25) is 5.60 Å². The average Bonchev–Trinajstić information content (AvgIpc) is 2.94. The van der Waals surface area contributed by atoms with Gasteiger partial charge in [-0.2, -0.15) is 0 Å². The summed E-state index contributed by atoms with van der Waals surface area (Å²) in [4.78, 5) is 29.2. The summed E-state index contributed by atoms with van der Waals surface area (Å²) in [6.45, 7) is 0.463. The zero-order chi connectivity index (χ0) is 19.6. The highest BCUT2D eigenvalue weighted by Crippen LogP contribution is 2.29. The number of amides is 2. The van der Waals surface area contributed by atoms with Gasteiger partial charge in [-0.1, -0.05) is 24.0 Å². The maximum absolute atomic E-state index is 12.0. The summed E-state index contributed by atoms with van der Waals surface area (Å²) in [5.74, 6) is 4.98. The topological polar surface area (TPSA) is 106 Å². The van der Waals surface area contributed by atoms with Crippen molar-refractivity contribution in [2.45, 2.75) is 12.0 Å². The van der Waals surface area contributed by atoms with Crippen LogP contribution < -0.4 is 10.5 Å². The van der Waals surface area contributed by atoms with E-state index in [0.717, 1.165) is 0 Å². The SMILES string of the molecule is COc1ccc(C(N)=O)nc1-c1cccc(C#CC2(O)CCN(C)C2=O)c1. The molecule has 3 rings (SSSR count). The fourth-order valence-corrected chi connectivity index (χ4v) is 2.84. The Morgan fingerprint density at radius 2 is 2.15 bits per heavy atom. The first-order valence-electron chi connectivity index (χ1n) is 8.30. The number of aliphatic hydroxyl groups is 1. The molecule has 27 heavy (non-hydrogen) atoms. The summed E-state index contributed by atoms with van der Waals surface area (Å²) in [5.41, 5.74) is 5.49. The van der Waals surface area contributed by atoms with Crippen molar-refractivity contribution in [2.24, 2.45) is 5.73 Å². The Morgan fingerprint density at radius 1 is 1.37 bits per heavy atom. The molecule has 3 N–H and O–H groups in total. The number of nitrogens with zero attached hydrogens (tertiary/aromatic N) is 2. The summed E-state index contributed by atoms with van der Waals surface area (Å²) < 4.78 is 5.32. The van der Waals surface area contributed by atoms with Gasteiger partial charge in [-0.05, 0) is 24.3 Å². The van der Waals surface area contributed by atoms with Gasteiger partial charge in [0, 0.05) is 31.1 Å². The molecule has 1 atom stereocenters. The van der Waals surface area contributed by atoms with E-state index in [4.69, 9.17) is 10.5 Å². The van der Waals surface area contributed by atoms with Crippen LogP contribution in [-0.4, -0.2) is 53.1 Å². The number of aromatic nitrogens is 1. The second kappa shape index (κ2) is 7.09. The fourth-order valence-electron chi connectivity index (χ4n) is 2.84. The Kier molecular flexibility index (Phi) is 4.84. The fraction of sp³-hybridized carbons (Fsp3) is 0.250. The number of hydrogen-bond acceptors (Lipinski definition) is 5. The summed E-state index contributed by atoms with van der Waals surface area (Å²) in [6.07, 6.45) is 0.269. The van der Waals surface area contributed by atoms with Crippen LogP contribution in [-0.2, 0) is 4.79 Å². The van der Waals surface area contributed by atoms with Crippen molar-refractivity contribution in [2.75, 3.05) is 20.7 Å². The van der Waals surface area contributed by atoms with E-state index >= 15 is 0 Å². The maximum Gasteiger partial charge on any atom is 0.267 e. The zero-order valence-electron chi connectivity index (χ0n) is 15.0. The standard InChI is InChI=1S/C20H19N3O4/c1-23-11-10-20(26,19(23)25)9-8-13-4-3-5-14(12-13)17-16(27-2)7-6-15(22-17)18(21)24/h3-7,12,26H,10-11H2,1-2H3,(H2,21,24). The number of likely N-dealkylation sites (tertiary alicyclic amines) is 1. The summed E-state index contributed by atoms with van der Waals surface area (Å²) in [5, 5.41) is 10.4. The second-order valence-corrected chi connectivity index (χ2v) is 6.28. The number of benzene rings is 1. The lowest BCUT2D eigenvalue weighted by Crippen LogP contribution is -2.37. The summed E-state index contributed by atoms with van der Waals surface area (Å²) in [6, 6.07) is 10.2. The molecule has 0 aliphatic carbocycles. The van der Waals surface area contributed by atoms with Crippen LogP contribution in [0.5, 0.6) is 5.75 Å². The Balaban J connectivity index is 1.98.